The predicted molar refractivity (Wildman–Crippen MR) is 111 cm³/mol. The second-order valence-electron chi connectivity index (χ2n) is 8.58. The highest BCUT2D eigenvalue weighted by atomic mass is 35.5. The molecule has 4 rings (SSSR count). The van der Waals surface area contributed by atoms with Crippen molar-refractivity contribution < 1.29 is 4.74 Å². The Bertz CT molecular complexity index is 941. The molecule has 0 spiro atoms. The highest BCUT2D eigenvalue weighted by molar-refractivity contribution is 6.76. The molecule has 6 nitrogen and oxygen atoms in total. The Hall–Kier alpha value is -1.70. The normalized spacial score (nSPS) is 15.0. The second-order valence-corrected chi connectivity index (χ2v) is 14.6. The highest BCUT2D eigenvalue weighted by Crippen LogP contribution is 2.33. The molecular formula is C19H26ClN5OSi. The van der Waals surface area contributed by atoms with Crippen LogP contribution in [0, 0.1) is 5.92 Å². The number of halogens is 1. The fourth-order valence-electron chi connectivity index (χ4n) is 3.05. The first-order chi connectivity index (χ1) is 12.9. The predicted octanol–water partition coefficient (Wildman–Crippen LogP) is 4.67. The van der Waals surface area contributed by atoms with E-state index in [1.165, 1.54) is 12.8 Å². The van der Waals surface area contributed by atoms with Crippen molar-refractivity contribution in [3.63, 3.8) is 0 Å². The van der Waals surface area contributed by atoms with Crippen LogP contribution in [-0.2, 0) is 18.0 Å². The summed E-state index contributed by atoms with van der Waals surface area (Å²) in [6.45, 7) is 9.11. The average Bonchev–Trinajstić information content (AvgIpc) is 3.12. The summed E-state index contributed by atoms with van der Waals surface area (Å²) in [5.41, 5.74) is 2.75. The number of hydrogen-bond donors (Lipinski definition) is 0. The first-order valence-electron chi connectivity index (χ1n) is 9.53. The third kappa shape index (κ3) is 4.42. The van der Waals surface area contributed by atoms with Gasteiger partial charge in [0.2, 0.25) is 0 Å². The molecule has 0 radical (unpaired) electrons. The van der Waals surface area contributed by atoms with E-state index in [-0.39, 0.29) is 0 Å². The maximum Gasteiger partial charge on any atom is 0.140 e. The number of nitrogens with zero attached hydrogens (tertiary/aromatic N) is 5. The van der Waals surface area contributed by atoms with E-state index in [9.17, 15) is 0 Å². The van der Waals surface area contributed by atoms with Gasteiger partial charge in [0.05, 0.1) is 29.5 Å². The van der Waals surface area contributed by atoms with Crippen molar-refractivity contribution in [1.29, 1.82) is 0 Å². The SMILES string of the molecule is C[Si](C)(C)CCOCn1ncc2c(-c3cnn(CC4CC4)n3)ccc(Cl)c21. The average molecular weight is 404 g/mol. The monoisotopic (exact) mass is 403 g/mol. The van der Waals surface area contributed by atoms with Gasteiger partial charge in [0.15, 0.2) is 0 Å². The minimum atomic E-state index is -1.10. The molecule has 1 aliphatic carbocycles. The zero-order chi connectivity index (χ0) is 19.0. The minimum absolute atomic E-state index is 0.408. The van der Waals surface area contributed by atoms with Crippen molar-refractivity contribution in [3.8, 4) is 11.3 Å². The van der Waals surface area contributed by atoms with Gasteiger partial charge in [0.1, 0.15) is 12.4 Å². The maximum absolute atomic E-state index is 6.48. The Morgan fingerprint density at radius 3 is 2.74 bits per heavy atom. The van der Waals surface area contributed by atoms with Gasteiger partial charge in [-0.2, -0.15) is 20.1 Å². The van der Waals surface area contributed by atoms with Gasteiger partial charge in [-0.25, -0.2) is 4.68 Å². The number of hydrogen-bond acceptors (Lipinski definition) is 4. The molecule has 0 bridgehead atoms. The number of ether oxygens (including phenoxy) is 1. The van der Waals surface area contributed by atoms with Gasteiger partial charge in [0, 0.05) is 25.6 Å². The van der Waals surface area contributed by atoms with Crippen LogP contribution < -0.4 is 0 Å². The molecule has 0 atom stereocenters. The van der Waals surface area contributed by atoms with Gasteiger partial charge in [-0.05, 0) is 30.9 Å². The van der Waals surface area contributed by atoms with Gasteiger partial charge in [-0.15, -0.1) is 0 Å². The molecule has 0 amide bonds. The van der Waals surface area contributed by atoms with Crippen LogP contribution in [0.4, 0.5) is 0 Å². The molecule has 1 aromatic carbocycles. The summed E-state index contributed by atoms with van der Waals surface area (Å²) in [5, 5.41) is 15.2. The van der Waals surface area contributed by atoms with E-state index in [1.54, 1.807) is 4.80 Å². The van der Waals surface area contributed by atoms with E-state index in [0.29, 0.717) is 11.8 Å². The Labute approximate surface area is 165 Å². The zero-order valence-electron chi connectivity index (χ0n) is 16.2. The maximum atomic E-state index is 6.48. The number of fused-ring (bicyclic) bond motifs is 1. The van der Waals surface area contributed by atoms with E-state index < -0.39 is 8.07 Å². The van der Waals surface area contributed by atoms with Gasteiger partial charge in [-0.1, -0.05) is 37.3 Å². The van der Waals surface area contributed by atoms with Gasteiger partial charge < -0.3 is 4.74 Å². The van der Waals surface area contributed by atoms with Crippen LogP contribution in [0.2, 0.25) is 30.7 Å². The van der Waals surface area contributed by atoms with Crippen molar-refractivity contribution in [2.24, 2.45) is 5.92 Å². The Morgan fingerprint density at radius 1 is 1.19 bits per heavy atom. The van der Waals surface area contributed by atoms with Crippen molar-refractivity contribution in [2.75, 3.05) is 6.61 Å². The zero-order valence-corrected chi connectivity index (χ0v) is 17.9. The van der Waals surface area contributed by atoms with Gasteiger partial charge in [-0.3, -0.25) is 0 Å². The summed E-state index contributed by atoms with van der Waals surface area (Å²) in [5.74, 6) is 0.742. The smallest absolute Gasteiger partial charge is 0.140 e. The molecule has 3 aromatic rings. The van der Waals surface area contributed by atoms with Crippen molar-refractivity contribution in [3.05, 3.63) is 29.5 Å². The van der Waals surface area contributed by atoms with Crippen molar-refractivity contribution >= 4 is 30.6 Å². The number of aromatic nitrogens is 5. The second kappa shape index (κ2) is 7.37. The van der Waals surface area contributed by atoms with E-state index in [2.05, 4.69) is 34.9 Å². The molecule has 0 N–H and O–H groups in total. The molecule has 2 aromatic heterocycles. The molecule has 144 valence electrons. The standard InChI is InChI=1S/C19H26ClN5OSi/c1-27(2,3)9-8-26-13-24-19-16(10-21-24)15(6-7-17(19)20)18-11-22-25(23-18)12-14-4-5-14/h6-7,10-11,14H,4-5,8-9,12-13H2,1-3H3. The molecule has 0 aliphatic heterocycles. The summed E-state index contributed by atoms with van der Waals surface area (Å²) < 4.78 is 7.70. The lowest BCUT2D eigenvalue weighted by molar-refractivity contribution is 0.0817. The van der Waals surface area contributed by atoms with Crippen LogP contribution >= 0.6 is 11.6 Å². The topological polar surface area (TPSA) is 57.8 Å². The van der Waals surface area contributed by atoms with Crippen LogP contribution in [0.1, 0.15) is 12.8 Å². The van der Waals surface area contributed by atoms with Gasteiger partial charge >= 0.3 is 0 Å². The number of benzene rings is 1. The van der Waals surface area contributed by atoms with Crippen molar-refractivity contribution in [2.45, 2.75) is 51.8 Å². The van der Waals surface area contributed by atoms with Crippen LogP contribution in [0.25, 0.3) is 22.2 Å². The fourth-order valence-corrected chi connectivity index (χ4v) is 4.07. The summed E-state index contributed by atoms with van der Waals surface area (Å²) >= 11 is 6.48. The lowest BCUT2D eigenvalue weighted by Crippen LogP contribution is -2.22. The number of rotatable bonds is 8. The van der Waals surface area contributed by atoms with Crippen LogP contribution in [0.5, 0.6) is 0 Å². The first kappa shape index (κ1) is 18.7. The summed E-state index contributed by atoms with van der Waals surface area (Å²) in [6, 6.07) is 5.03. The van der Waals surface area contributed by atoms with Crippen LogP contribution in [0.3, 0.4) is 0 Å². The van der Waals surface area contributed by atoms with E-state index in [1.807, 2.05) is 29.2 Å². The highest BCUT2D eigenvalue weighted by Gasteiger charge is 2.23. The Kier molecular flexibility index (Phi) is 5.09. The third-order valence-corrected chi connectivity index (χ3v) is 6.90. The molecule has 8 heteroatoms. The van der Waals surface area contributed by atoms with Crippen LogP contribution in [0.15, 0.2) is 24.5 Å². The molecule has 0 unspecified atom stereocenters. The Morgan fingerprint density at radius 2 is 2.00 bits per heavy atom. The van der Waals surface area contributed by atoms with Crippen molar-refractivity contribution in [1.82, 2.24) is 24.8 Å². The first-order valence-corrected chi connectivity index (χ1v) is 13.6. The molecule has 0 saturated heterocycles. The van der Waals surface area contributed by atoms with Crippen LogP contribution in [-0.4, -0.2) is 39.5 Å². The lowest BCUT2D eigenvalue weighted by Gasteiger charge is -2.15. The molecule has 2 heterocycles. The fraction of sp³-hybridized carbons (Fsp3) is 0.526. The van der Waals surface area contributed by atoms with E-state index >= 15 is 0 Å². The molecule has 1 fully saturated rings. The third-order valence-electron chi connectivity index (χ3n) is 4.89. The summed E-state index contributed by atoms with van der Waals surface area (Å²) in [6.07, 6.45) is 6.24. The summed E-state index contributed by atoms with van der Waals surface area (Å²) in [7, 11) is -1.10. The Balaban J connectivity index is 1.55. The molecular weight excluding hydrogens is 378 g/mol. The molecule has 1 saturated carbocycles. The van der Waals surface area contributed by atoms with Gasteiger partial charge in [0.25, 0.3) is 0 Å². The molecule has 27 heavy (non-hydrogen) atoms. The quantitative estimate of drug-likeness (QED) is 0.405. The van der Waals surface area contributed by atoms with E-state index in [4.69, 9.17) is 16.3 Å². The molecule has 1 aliphatic rings. The minimum Gasteiger partial charge on any atom is -0.360 e. The summed E-state index contributed by atoms with van der Waals surface area (Å²) in [4.78, 5) is 1.80. The lowest BCUT2D eigenvalue weighted by atomic mass is 10.1. The largest absolute Gasteiger partial charge is 0.360 e. The van der Waals surface area contributed by atoms with E-state index in [0.717, 1.165) is 47.3 Å².